The highest BCUT2D eigenvalue weighted by atomic mass is 16.5. The molecule has 2 N–H and O–H groups in total. The van der Waals surface area contributed by atoms with Crippen LogP contribution < -0.4 is 5.32 Å². The van der Waals surface area contributed by atoms with Gasteiger partial charge < -0.3 is 15.2 Å². The van der Waals surface area contributed by atoms with Gasteiger partial charge in [-0.3, -0.25) is 0 Å². The van der Waals surface area contributed by atoms with Gasteiger partial charge in [-0.25, -0.2) is 0 Å². The Balaban J connectivity index is 1.81. The lowest BCUT2D eigenvalue weighted by atomic mass is 9.74. The maximum atomic E-state index is 9.73. The molecule has 0 spiro atoms. The molecule has 2 aliphatic rings. The van der Waals surface area contributed by atoms with Crippen LogP contribution >= 0.6 is 0 Å². The van der Waals surface area contributed by atoms with E-state index >= 15 is 0 Å². The Morgan fingerprint density at radius 1 is 1.38 bits per heavy atom. The fraction of sp³-hybridized carbons (Fsp3) is 0.667. The maximum Gasteiger partial charge on any atom is 0.115 e. The van der Waals surface area contributed by atoms with E-state index in [4.69, 9.17) is 4.74 Å². The molecule has 1 aromatic rings. The minimum absolute atomic E-state index is 0.180. The first-order chi connectivity index (χ1) is 10.1. The third-order valence-corrected chi connectivity index (χ3v) is 4.88. The molecule has 3 heteroatoms. The van der Waals surface area contributed by atoms with Crippen molar-refractivity contribution in [3.8, 4) is 5.75 Å². The second-order valence-electron chi connectivity index (χ2n) is 7.12. The van der Waals surface area contributed by atoms with Crippen LogP contribution in [0.3, 0.4) is 0 Å². The molecule has 3 rings (SSSR count). The van der Waals surface area contributed by atoms with Crippen molar-refractivity contribution in [3.63, 3.8) is 0 Å². The van der Waals surface area contributed by atoms with Gasteiger partial charge in [0.05, 0.1) is 6.10 Å². The molecule has 1 heterocycles. The summed E-state index contributed by atoms with van der Waals surface area (Å²) in [7, 11) is 0. The fourth-order valence-corrected chi connectivity index (χ4v) is 3.66. The van der Waals surface area contributed by atoms with E-state index in [1.54, 1.807) is 6.07 Å². The topological polar surface area (TPSA) is 41.5 Å². The largest absolute Gasteiger partial charge is 0.508 e. The molecular weight excluding hydrogens is 262 g/mol. The summed E-state index contributed by atoms with van der Waals surface area (Å²) in [5.41, 5.74) is 1.40. The minimum atomic E-state index is 0.180. The summed E-state index contributed by atoms with van der Waals surface area (Å²) in [4.78, 5) is 0. The Kier molecular flexibility index (Phi) is 4.23. The molecular formula is C18H27NO2. The van der Waals surface area contributed by atoms with Crippen LogP contribution in [-0.2, 0) is 11.2 Å². The van der Waals surface area contributed by atoms with Crippen LogP contribution in [0.1, 0.15) is 38.7 Å². The van der Waals surface area contributed by atoms with E-state index in [0.717, 1.165) is 31.9 Å². The number of aromatic hydroxyl groups is 1. The van der Waals surface area contributed by atoms with Crippen LogP contribution in [0.15, 0.2) is 24.3 Å². The lowest BCUT2D eigenvalue weighted by molar-refractivity contribution is 0.0298. The van der Waals surface area contributed by atoms with Crippen molar-refractivity contribution in [1.82, 2.24) is 5.32 Å². The maximum absolute atomic E-state index is 9.73. The van der Waals surface area contributed by atoms with E-state index in [9.17, 15) is 5.11 Å². The highest BCUT2D eigenvalue weighted by Gasteiger charge is 2.50. The lowest BCUT2D eigenvalue weighted by Gasteiger charge is -2.35. The number of nitrogens with one attached hydrogen (secondary N) is 1. The van der Waals surface area contributed by atoms with Crippen LogP contribution in [0.5, 0.6) is 5.75 Å². The second kappa shape index (κ2) is 5.98. The number of phenolic OH excluding ortho intramolecular Hbond substituents is 1. The van der Waals surface area contributed by atoms with Crippen molar-refractivity contribution in [2.45, 2.75) is 51.7 Å². The zero-order chi connectivity index (χ0) is 14.9. The predicted molar refractivity (Wildman–Crippen MR) is 84.5 cm³/mol. The van der Waals surface area contributed by atoms with Gasteiger partial charge in [-0.1, -0.05) is 26.0 Å². The summed E-state index contributed by atoms with van der Waals surface area (Å²) in [6.45, 7) is 6.27. The van der Waals surface area contributed by atoms with Crippen LogP contribution in [-0.4, -0.2) is 30.4 Å². The first kappa shape index (κ1) is 14.9. The van der Waals surface area contributed by atoms with E-state index < -0.39 is 0 Å². The Morgan fingerprint density at radius 3 is 2.86 bits per heavy atom. The Morgan fingerprint density at radius 2 is 2.19 bits per heavy atom. The molecule has 2 fully saturated rings. The quantitative estimate of drug-likeness (QED) is 0.845. The first-order valence-corrected chi connectivity index (χ1v) is 8.22. The molecule has 1 saturated heterocycles. The molecule has 2 unspecified atom stereocenters. The van der Waals surface area contributed by atoms with E-state index in [0.29, 0.717) is 17.9 Å². The summed E-state index contributed by atoms with van der Waals surface area (Å²) in [6, 6.07) is 8.20. The van der Waals surface area contributed by atoms with Crippen molar-refractivity contribution < 1.29 is 9.84 Å². The summed E-state index contributed by atoms with van der Waals surface area (Å²) in [5.74, 6) is 1.11. The van der Waals surface area contributed by atoms with Gasteiger partial charge >= 0.3 is 0 Å². The average Bonchev–Trinajstić information content (AvgIpc) is 3.19. The summed E-state index contributed by atoms with van der Waals surface area (Å²) in [5, 5.41) is 13.4. The molecule has 21 heavy (non-hydrogen) atoms. The van der Waals surface area contributed by atoms with Crippen molar-refractivity contribution in [2.24, 2.45) is 11.3 Å². The molecule has 0 bridgehead atoms. The Bertz CT molecular complexity index is 484. The highest BCUT2D eigenvalue weighted by molar-refractivity contribution is 5.28. The Labute approximate surface area is 127 Å². The minimum Gasteiger partial charge on any atom is -0.508 e. The van der Waals surface area contributed by atoms with Crippen molar-refractivity contribution in [1.29, 1.82) is 0 Å². The van der Waals surface area contributed by atoms with E-state index in [-0.39, 0.29) is 5.41 Å². The number of benzene rings is 1. The zero-order valence-electron chi connectivity index (χ0n) is 13.1. The van der Waals surface area contributed by atoms with Crippen molar-refractivity contribution in [2.75, 3.05) is 13.2 Å². The zero-order valence-corrected chi connectivity index (χ0v) is 13.1. The van der Waals surface area contributed by atoms with Crippen LogP contribution in [0.25, 0.3) is 0 Å². The molecule has 116 valence electrons. The predicted octanol–water partition coefficient (Wildman–Crippen LogP) is 3.12. The highest BCUT2D eigenvalue weighted by Crippen LogP contribution is 2.49. The van der Waals surface area contributed by atoms with Gasteiger partial charge in [0, 0.05) is 24.6 Å². The van der Waals surface area contributed by atoms with Gasteiger partial charge in [-0.2, -0.15) is 0 Å². The molecule has 1 saturated carbocycles. The fourth-order valence-electron chi connectivity index (χ4n) is 3.66. The number of hydrogen-bond acceptors (Lipinski definition) is 3. The number of hydrogen-bond donors (Lipinski definition) is 2. The van der Waals surface area contributed by atoms with Crippen LogP contribution in [0.4, 0.5) is 0 Å². The lowest BCUT2D eigenvalue weighted by Crippen LogP contribution is -2.45. The van der Waals surface area contributed by atoms with Crippen LogP contribution in [0, 0.1) is 11.3 Å². The summed E-state index contributed by atoms with van der Waals surface area (Å²) in [6.07, 6.45) is 5.11. The molecule has 3 nitrogen and oxygen atoms in total. The summed E-state index contributed by atoms with van der Waals surface area (Å²) >= 11 is 0. The average molecular weight is 289 g/mol. The number of ether oxygens (including phenoxy) is 1. The molecule has 1 aliphatic carbocycles. The van der Waals surface area contributed by atoms with Crippen LogP contribution in [0.2, 0.25) is 0 Å². The SMILES string of the molecule is CC(C)NCC1(Cc2cccc(O)c2)CCOC1C1CC1. The summed E-state index contributed by atoms with van der Waals surface area (Å²) < 4.78 is 6.13. The second-order valence-corrected chi connectivity index (χ2v) is 7.12. The van der Waals surface area contributed by atoms with E-state index in [2.05, 4.69) is 25.2 Å². The standard InChI is InChI=1S/C18H27NO2/c1-13(2)19-12-18(8-9-21-17(18)15-6-7-15)11-14-4-3-5-16(20)10-14/h3-5,10,13,15,17,19-20H,6-9,11-12H2,1-2H3. The molecule has 0 amide bonds. The third-order valence-electron chi connectivity index (χ3n) is 4.88. The van der Waals surface area contributed by atoms with Gasteiger partial charge in [0.2, 0.25) is 0 Å². The van der Waals surface area contributed by atoms with Crippen molar-refractivity contribution >= 4 is 0 Å². The normalized spacial score (nSPS) is 29.2. The monoisotopic (exact) mass is 289 g/mol. The number of phenols is 1. The van der Waals surface area contributed by atoms with E-state index in [1.165, 1.54) is 18.4 Å². The Hall–Kier alpha value is -1.06. The first-order valence-electron chi connectivity index (χ1n) is 8.22. The number of rotatable bonds is 6. The van der Waals surface area contributed by atoms with Crippen molar-refractivity contribution in [3.05, 3.63) is 29.8 Å². The molecule has 1 aromatic carbocycles. The van der Waals surface area contributed by atoms with Gasteiger partial charge in [-0.15, -0.1) is 0 Å². The van der Waals surface area contributed by atoms with Gasteiger partial charge in [0.1, 0.15) is 5.75 Å². The molecule has 0 radical (unpaired) electrons. The third kappa shape index (κ3) is 3.41. The van der Waals surface area contributed by atoms with Gasteiger partial charge in [0.25, 0.3) is 0 Å². The smallest absolute Gasteiger partial charge is 0.115 e. The van der Waals surface area contributed by atoms with E-state index in [1.807, 2.05) is 12.1 Å². The van der Waals surface area contributed by atoms with Gasteiger partial charge in [0.15, 0.2) is 0 Å². The molecule has 2 atom stereocenters. The van der Waals surface area contributed by atoms with Gasteiger partial charge in [-0.05, 0) is 49.3 Å². The molecule has 1 aliphatic heterocycles. The molecule has 0 aromatic heterocycles.